The van der Waals surface area contributed by atoms with Crippen LogP contribution in [0.25, 0.3) is 0 Å². The molecule has 1 unspecified atom stereocenters. The van der Waals surface area contributed by atoms with Crippen molar-refractivity contribution < 1.29 is 14.7 Å². The van der Waals surface area contributed by atoms with Gasteiger partial charge in [0.2, 0.25) is 5.91 Å². The van der Waals surface area contributed by atoms with Crippen LogP contribution in [0.2, 0.25) is 0 Å². The molecule has 2 heterocycles. The SMILES string of the molecule is O=C(O)c1ccc(N2CCN3C(=O)CCC3C2)cc1Br. The molecule has 0 saturated carbocycles. The Morgan fingerprint density at radius 3 is 2.85 bits per heavy atom. The van der Waals surface area contributed by atoms with E-state index in [1.807, 2.05) is 17.0 Å². The lowest BCUT2D eigenvalue weighted by Gasteiger charge is -2.39. The molecule has 1 atom stereocenters. The Kier molecular flexibility index (Phi) is 3.41. The third-order valence-electron chi connectivity index (χ3n) is 4.04. The molecule has 1 aromatic carbocycles. The monoisotopic (exact) mass is 338 g/mol. The molecule has 106 valence electrons. The van der Waals surface area contributed by atoms with Crippen molar-refractivity contribution in [2.45, 2.75) is 18.9 Å². The maximum atomic E-state index is 11.7. The summed E-state index contributed by atoms with van der Waals surface area (Å²) in [6.07, 6.45) is 1.57. The van der Waals surface area contributed by atoms with Crippen molar-refractivity contribution in [3.8, 4) is 0 Å². The van der Waals surface area contributed by atoms with Gasteiger partial charge in [0.25, 0.3) is 0 Å². The van der Waals surface area contributed by atoms with Crippen LogP contribution >= 0.6 is 15.9 Å². The van der Waals surface area contributed by atoms with Crippen LogP contribution in [0.4, 0.5) is 5.69 Å². The zero-order valence-electron chi connectivity index (χ0n) is 10.9. The number of piperazine rings is 1. The van der Waals surface area contributed by atoms with Crippen molar-refractivity contribution in [3.63, 3.8) is 0 Å². The Balaban J connectivity index is 1.79. The van der Waals surface area contributed by atoms with Gasteiger partial charge in [0.15, 0.2) is 0 Å². The highest BCUT2D eigenvalue weighted by Gasteiger charge is 2.35. The summed E-state index contributed by atoms with van der Waals surface area (Å²) in [6, 6.07) is 5.60. The van der Waals surface area contributed by atoms with Crippen molar-refractivity contribution in [1.29, 1.82) is 0 Å². The largest absolute Gasteiger partial charge is 0.478 e. The van der Waals surface area contributed by atoms with Gasteiger partial charge in [0, 0.05) is 42.3 Å². The summed E-state index contributed by atoms with van der Waals surface area (Å²) in [5.41, 5.74) is 1.27. The molecule has 6 heteroatoms. The number of hydrogen-bond donors (Lipinski definition) is 1. The Bertz CT molecular complexity index is 576. The molecule has 3 rings (SSSR count). The summed E-state index contributed by atoms with van der Waals surface area (Å²) in [5, 5.41) is 9.03. The van der Waals surface area contributed by atoms with Gasteiger partial charge in [0.1, 0.15) is 0 Å². The fourth-order valence-electron chi connectivity index (χ4n) is 2.97. The van der Waals surface area contributed by atoms with Crippen LogP contribution in [0.1, 0.15) is 23.2 Å². The van der Waals surface area contributed by atoms with Crippen LogP contribution in [-0.4, -0.2) is 47.6 Å². The summed E-state index contributed by atoms with van der Waals surface area (Å²) in [7, 11) is 0. The molecule has 0 bridgehead atoms. The zero-order chi connectivity index (χ0) is 14.3. The van der Waals surface area contributed by atoms with Crippen LogP contribution < -0.4 is 4.90 Å². The first-order valence-corrected chi connectivity index (χ1v) is 7.43. The van der Waals surface area contributed by atoms with Gasteiger partial charge < -0.3 is 14.9 Å². The van der Waals surface area contributed by atoms with Gasteiger partial charge >= 0.3 is 5.97 Å². The zero-order valence-corrected chi connectivity index (χ0v) is 12.5. The second kappa shape index (κ2) is 5.09. The number of carboxylic acid groups (broad SMARTS) is 1. The number of hydrogen-bond acceptors (Lipinski definition) is 3. The molecule has 0 aromatic heterocycles. The minimum absolute atomic E-state index is 0.261. The number of benzene rings is 1. The van der Waals surface area contributed by atoms with E-state index in [0.29, 0.717) is 16.9 Å². The Morgan fingerprint density at radius 2 is 2.15 bits per heavy atom. The molecule has 20 heavy (non-hydrogen) atoms. The topological polar surface area (TPSA) is 60.9 Å². The molecule has 2 saturated heterocycles. The van der Waals surface area contributed by atoms with Crippen molar-refractivity contribution >= 4 is 33.5 Å². The predicted octanol–water partition coefficient (Wildman–Crippen LogP) is 1.96. The molecule has 1 aromatic rings. The molecule has 0 aliphatic carbocycles. The maximum Gasteiger partial charge on any atom is 0.336 e. The molecule has 5 nitrogen and oxygen atoms in total. The first-order chi connectivity index (χ1) is 9.56. The number of carboxylic acids is 1. The third kappa shape index (κ3) is 2.28. The number of fused-ring (bicyclic) bond motifs is 1. The number of amides is 1. The van der Waals surface area contributed by atoms with Crippen molar-refractivity contribution in [3.05, 3.63) is 28.2 Å². The highest BCUT2D eigenvalue weighted by Crippen LogP contribution is 2.29. The fourth-order valence-corrected chi connectivity index (χ4v) is 3.51. The molecule has 0 radical (unpaired) electrons. The van der Waals surface area contributed by atoms with Crippen molar-refractivity contribution in [2.75, 3.05) is 24.5 Å². The van der Waals surface area contributed by atoms with E-state index in [-0.39, 0.29) is 11.5 Å². The fraction of sp³-hybridized carbons (Fsp3) is 0.429. The van der Waals surface area contributed by atoms with E-state index in [2.05, 4.69) is 20.8 Å². The van der Waals surface area contributed by atoms with E-state index < -0.39 is 5.97 Å². The minimum Gasteiger partial charge on any atom is -0.478 e. The van der Waals surface area contributed by atoms with Gasteiger partial charge in [0.05, 0.1) is 5.56 Å². The van der Waals surface area contributed by atoms with Crippen LogP contribution in [0, 0.1) is 0 Å². The van der Waals surface area contributed by atoms with Crippen molar-refractivity contribution in [2.24, 2.45) is 0 Å². The van der Waals surface area contributed by atoms with Gasteiger partial charge in [-0.15, -0.1) is 0 Å². The van der Waals surface area contributed by atoms with E-state index in [9.17, 15) is 9.59 Å². The number of anilines is 1. The highest BCUT2D eigenvalue weighted by atomic mass is 79.9. The van der Waals surface area contributed by atoms with E-state index >= 15 is 0 Å². The molecule has 0 spiro atoms. The Labute approximate surface area is 125 Å². The molecular weight excluding hydrogens is 324 g/mol. The maximum absolute atomic E-state index is 11.7. The lowest BCUT2D eigenvalue weighted by molar-refractivity contribution is -0.129. The number of rotatable bonds is 2. The standard InChI is InChI=1S/C14H15BrN2O3/c15-12-7-9(1-3-11(12)14(19)20)16-5-6-17-10(8-16)2-4-13(17)18/h1,3,7,10H,2,4-6,8H2,(H,19,20). The first kappa shape index (κ1) is 13.4. The number of carbonyl (C=O) groups excluding carboxylic acids is 1. The van der Waals surface area contributed by atoms with E-state index in [4.69, 9.17) is 5.11 Å². The molecular formula is C14H15BrN2O3. The van der Waals surface area contributed by atoms with Crippen LogP contribution in [0.3, 0.4) is 0 Å². The molecule has 1 N–H and O–H groups in total. The highest BCUT2D eigenvalue weighted by molar-refractivity contribution is 9.10. The molecule has 2 aliphatic heterocycles. The minimum atomic E-state index is -0.936. The van der Waals surface area contributed by atoms with Crippen LogP contribution in [-0.2, 0) is 4.79 Å². The quantitative estimate of drug-likeness (QED) is 0.895. The smallest absolute Gasteiger partial charge is 0.336 e. The Morgan fingerprint density at radius 1 is 1.35 bits per heavy atom. The van der Waals surface area contributed by atoms with Crippen LogP contribution in [0.5, 0.6) is 0 Å². The van der Waals surface area contributed by atoms with E-state index in [1.54, 1.807) is 6.07 Å². The summed E-state index contributed by atoms with van der Waals surface area (Å²) >= 11 is 3.31. The predicted molar refractivity (Wildman–Crippen MR) is 78.0 cm³/mol. The summed E-state index contributed by atoms with van der Waals surface area (Å²) in [5.74, 6) is -0.674. The number of aromatic carboxylic acids is 1. The summed E-state index contributed by atoms with van der Waals surface area (Å²) in [6.45, 7) is 2.37. The number of nitrogens with zero attached hydrogens (tertiary/aromatic N) is 2. The van der Waals surface area contributed by atoms with Gasteiger partial charge in [-0.05, 0) is 40.5 Å². The Hall–Kier alpha value is -1.56. The normalized spacial score (nSPS) is 22.1. The molecule has 2 aliphatic rings. The molecule has 1 amide bonds. The number of halogens is 1. The molecule has 2 fully saturated rings. The van der Waals surface area contributed by atoms with Crippen molar-refractivity contribution in [1.82, 2.24) is 4.90 Å². The second-order valence-corrected chi connectivity index (χ2v) is 6.05. The van der Waals surface area contributed by atoms with Gasteiger partial charge in [-0.3, -0.25) is 4.79 Å². The lowest BCUT2D eigenvalue weighted by Crippen LogP contribution is -2.51. The van der Waals surface area contributed by atoms with E-state index in [1.165, 1.54) is 0 Å². The second-order valence-electron chi connectivity index (χ2n) is 5.19. The summed E-state index contributed by atoms with van der Waals surface area (Å²) in [4.78, 5) is 26.9. The van der Waals surface area contributed by atoms with Gasteiger partial charge in [-0.25, -0.2) is 4.79 Å². The number of carbonyl (C=O) groups is 2. The van der Waals surface area contributed by atoms with Gasteiger partial charge in [-0.1, -0.05) is 0 Å². The van der Waals surface area contributed by atoms with E-state index in [0.717, 1.165) is 31.7 Å². The summed E-state index contributed by atoms with van der Waals surface area (Å²) < 4.78 is 0.590. The lowest BCUT2D eigenvalue weighted by atomic mass is 10.1. The third-order valence-corrected chi connectivity index (χ3v) is 4.70. The average Bonchev–Trinajstić information content (AvgIpc) is 2.79. The van der Waals surface area contributed by atoms with Gasteiger partial charge in [-0.2, -0.15) is 0 Å². The van der Waals surface area contributed by atoms with Crippen LogP contribution in [0.15, 0.2) is 22.7 Å². The average molecular weight is 339 g/mol. The first-order valence-electron chi connectivity index (χ1n) is 6.63.